The topological polar surface area (TPSA) is 111 Å². The highest BCUT2D eigenvalue weighted by Crippen LogP contribution is 2.10. The van der Waals surface area contributed by atoms with E-state index in [1.54, 1.807) is 12.1 Å². The third kappa shape index (κ3) is 8.20. The third-order valence-corrected chi connectivity index (χ3v) is 3.78. The molecule has 9 heteroatoms. The molecule has 0 bridgehead atoms. The fraction of sp³-hybridized carbons (Fsp3) is 0.375. The minimum atomic E-state index is -1.14. The van der Waals surface area contributed by atoms with Crippen LogP contribution in [0.4, 0.5) is 10.5 Å². The summed E-state index contributed by atoms with van der Waals surface area (Å²) in [6, 6.07) is 7.32. The van der Waals surface area contributed by atoms with Crippen molar-refractivity contribution in [3.8, 4) is 0 Å². The number of nitrogens with one attached hydrogen (secondary N) is 2. The van der Waals surface area contributed by atoms with Crippen molar-refractivity contribution < 1.29 is 28.7 Å². The van der Waals surface area contributed by atoms with Gasteiger partial charge in [-0.2, -0.15) is 0 Å². The van der Waals surface area contributed by atoms with Crippen molar-refractivity contribution in [1.29, 1.82) is 0 Å². The Balaban J connectivity index is 2.27. The molecular formula is C16H20N2O6S. The van der Waals surface area contributed by atoms with Crippen LogP contribution in [0.5, 0.6) is 0 Å². The van der Waals surface area contributed by atoms with Crippen LogP contribution < -0.4 is 10.6 Å². The fourth-order valence-electron chi connectivity index (χ4n) is 1.60. The summed E-state index contributed by atoms with van der Waals surface area (Å²) in [6.07, 6.45) is -2.08. The lowest BCUT2D eigenvalue weighted by Gasteiger charge is -2.12. The van der Waals surface area contributed by atoms with E-state index >= 15 is 0 Å². The maximum atomic E-state index is 11.8. The van der Waals surface area contributed by atoms with Gasteiger partial charge < -0.3 is 14.8 Å². The molecule has 0 aromatic heterocycles. The van der Waals surface area contributed by atoms with Gasteiger partial charge in [-0.15, -0.1) is 11.8 Å². The first-order chi connectivity index (χ1) is 11.8. The summed E-state index contributed by atoms with van der Waals surface area (Å²) >= 11 is 1.05. The molecule has 2 N–H and O–H groups in total. The van der Waals surface area contributed by atoms with Crippen LogP contribution in [-0.2, 0) is 23.9 Å². The molecule has 0 spiro atoms. The number of thioether (sulfide) groups is 1. The van der Waals surface area contributed by atoms with Gasteiger partial charge in [0.15, 0.2) is 6.10 Å². The van der Waals surface area contributed by atoms with Gasteiger partial charge >= 0.3 is 12.1 Å². The summed E-state index contributed by atoms with van der Waals surface area (Å²) in [5.74, 6) is -1.75. The Morgan fingerprint density at radius 3 is 2.36 bits per heavy atom. The van der Waals surface area contributed by atoms with Gasteiger partial charge in [0.05, 0.1) is 18.6 Å². The highest BCUT2D eigenvalue weighted by Gasteiger charge is 2.20. The zero-order valence-electron chi connectivity index (χ0n) is 14.2. The van der Waals surface area contributed by atoms with Gasteiger partial charge in [0.1, 0.15) is 0 Å². The summed E-state index contributed by atoms with van der Waals surface area (Å²) in [5, 5.41) is 4.59. The van der Waals surface area contributed by atoms with Gasteiger partial charge in [-0.25, -0.2) is 4.79 Å². The molecule has 0 aliphatic heterocycles. The van der Waals surface area contributed by atoms with E-state index in [1.165, 1.54) is 6.92 Å². The molecule has 1 rings (SSSR count). The first kappa shape index (κ1) is 20.5. The Morgan fingerprint density at radius 2 is 1.76 bits per heavy atom. The monoisotopic (exact) mass is 368 g/mol. The number of hydrogen-bond donors (Lipinski definition) is 2. The zero-order valence-corrected chi connectivity index (χ0v) is 15.0. The zero-order chi connectivity index (χ0) is 18.8. The Bertz CT molecular complexity index is 632. The molecule has 136 valence electrons. The second-order valence-electron chi connectivity index (χ2n) is 5.02. The van der Waals surface area contributed by atoms with Crippen molar-refractivity contribution in [3.63, 3.8) is 0 Å². The number of hydrogen-bond acceptors (Lipinski definition) is 7. The molecule has 0 fully saturated rings. The standard InChI is InChI=1S/C16H20N2O6S/c1-10-4-6-12(7-5-10)17-13(19)8-25-9-14(20)24-11(2)15(21)18-16(22)23-3/h4-7,11H,8-9H2,1-3H3,(H,17,19)(H,18,21,22)/t11-/m1/s1. The number of imide groups is 1. The molecule has 0 saturated carbocycles. The summed E-state index contributed by atoms with van der Waals surface area (Å²) in [6.45, 7) is 3.27. The number of ether oxygens (including phenoxy) is 2. The number of methoxy groups -OCH3 is 1. The Kier molecular flexibility index (Phi) is 8.48. The maximum Gasteiger partial charge on any atom is 0.413 e. The number of amides is 3. The lowest BCUT2D eigenvalue weighted by Crippen LogP contribution is -2.39. The summed E-state index contributed by atoms with van der Waals surface area (Å²) < 4.78 is 9.12. The lowest BCUT2D eigenvalue weighted by atomic mass is 10.2. The van der Waals surface area contributed by atoms with E-state index in [0.29, 0.717) is 5.69 Å². The second kappa shape index (κ2) is 10.3. The van der Waals surface area contributed by atoms with Crippen molar-refractivity contribution >= 4 is 41.3 Å². The average Bonchev–Trinajstić information content (AvgIpc) is 2.56. The minimum absolute atomic E-state index is 0.0612. The number of alkyl carbamates (subject to hydrolysis) is 1. The third-order valence-electron chi connectivity index (χ3n) is 2.88. The minimum Gasteiger partial charge on any atom is -0.453 e. The highest BCUT2D eigenvalue weighted by atomic mass is 32.2. The molecule has 25 heavy (non-hydrogen) atoms. The van der Waals surface area contributed by atoms with E-state index in [2.05, 4.69) is 10.1 Å². The molecule has 0 aliphatic rings. The number of carbonyl (C=O) groups excluding carboxylic acids is 4. The smallest absolute Gasteiger partial charge is 0.413 e. The summed E-state index contributed by atoms with van der Waals surface area (Å²) in [5.41, 5.74) is 1.76. The quantitative estimate of drug-likeness (QED) is 0.701. The van der Waals surface area contributed by atoms with Gasteiger partial charge in [-0.1, -0.05) is 17.7 Å². The molecule has 1 aromatic carbocycles. The van der Waals surface area contributed by atoms with Gasteiger partial charge in [-0.05, 0) is 26.0 Å². The van der Waals surface area contributed by atoms with E-state index in [4.69, 9.17) is 4.74 Å². The number of benzene rings is 1. The van der Waals surface area contributed by atoms with E-state index in [-0.39, 0.29) is 17.4 Å². The van der Waals surface area contributed by atoms with Crippen LogP contribution in [-0.4, -0.2) is 48.6 Å². The number of rotatable bonds is 7. The van der Waals surface area contributed by atoms with Gasteiger partial charge in [0.2, 0.25) is 5.91 Å². The number of anilines is 1. The fourth-order valence-corrected chi connectivity index (χ4v) is 2.19. The van der Waals surface area contributed by atoms with Crippen LogP contribution in [0.15, 0.2) is 24.3 Å². The molecule has 0 aliphatic carbocycles. The predicted molar refractivity (Wildman–Crippen MR) is 93.2 cm³/mol. The van der Waals surface area contributed by atoms with Crippen LogP contribution in [0.1, 0.15) is 12.5 Å². The van der Waals surface area contributed by atoms with Crippen LogP contribution in [0, 0.1) is 6.92 Å². The molecule has 0 heterocycles. The summed E-state index contributed by atoms with van der Waals surface area (Å²) in [4.78, 5) is 45.8. The van der Waals surface area contributed by atoms with Crippen molar-refractivity contribution in [1.82, 2.24) is 5.32 Å². The molecule has 8 nitrogen and oxygen atoms in total. The molecular weight excluding hydrogens is 348 g/mol. The first-order valence-electron chi connectivity index (χ1n) is 7.34. The van der Waals surface area contributed by atoms with E-state index in [0.717, 1.165) is 24.4 Å². The van der Waals surface area contributed by atoms with Crippen molar-refractivity contribution in [2.24, 2.45) is 0 Å². The number of carbonyl (C=O) groups is 4. The largest absolute Gasteiger partial charge is 0.453 e. The molecule has 1 aromatic rings. The van der Waals surface area contributed by atoms with Gasteiger partial charge in [-0.3, -0.25) is 19.7 Å². The van der Waals surface area contributed by atoms with Crippen molar-refractivity contribution in [2.45, 2.75) is 20.0 Å². The SMILES string of the molecule is COC(=O)NC(=O)[C@@H](C)OC(=O)CSCC(=O)Nc1ccc(C)cc1. The van der Waals surface area contributed by atoms with E-state index in [1.807, 2.05) is 24.4 Å². The van der Waals surface area contributed by atoms with Crippen LogP contribution in [0.3, 0.4) is 0 Å². The van der Waals surface area contributed by atoms with Crippen LogP contribution in [0.25, 0.3) is 0 Å². The van der Waals surface area contributed by atoms with E-state index < -0.39 is 24.1 Å². The Hall–Kier alpha value is -2.55. The number of aryl methyl sites for hydroxylation is 1. The molecule has 0 radical (unpaired) electrons. The molecule has 0 saturated heterocycles. The molecule has 0 unspecified atom stereocenters. The van der Waals surface area contributed by atoms with Crippen LogP contribution >= 0.6 is 11.8 Å². The lowest BCUT2D eigenvalue weighted by molar-refractivity contribution is -0.152. The summed E-state index contributed by atoms with van der Waals surface area (Å²) in [7, 11) is 1.11. The normalized spacial score (nSPS) is 11.2. The van der Waals surface area contributed by atoms with E-state index in [9.17, 15) is 19.2 Å². The second-order valence-corrected chi connectivity index (χ2v) is 6.01. The number of esters is 1. The Morgan fingerprint density at radius 1 is 1.12 bits per heavy atom. The Labute approximate surface area is 149 Å². The van der Waals surface area contributed by atoms with Crippen molar-refractivity contribution in [3.05, 3.63) is 29.8 Å². The predicted octanol–water partition coefficient (Wildman–Crippen LogP) is 1.48. The highest BCUT2D eigenvalue weighted by molar-refractivity contribution is 8.00. The van der Waals surface area contributed by atoms with Gasteiger partial charge in [0.25, 0.3) is 5.91 Å². The first-order valence-corrected chi connectivity index (χ1v) is 8.50. The molecule has 1 atom stereocenters. The average molecular weight is 368 g/mol. The van der Waals surface area contributed by atoms with Crippen LogP contribution in [0.2, 0.25) is 0 Å². The molecule has 3 amide bonds. The van der Waals surface area contributed by atoms with Gasteiger partial charge in [0, 0.05) is 5.69 Å². The maximum absolute atomic E-state index is 11.8. The van der Waals surface area contributed by atoms with Crippen molar-refractivity contribution in [2.75, 3.05) is 23.9 Å².